The summed E-state index contributed by atoms with van der Waals surface area (Å²) in [5.74, 6) is 4.64. The SMILES string of the molecule is Cc1cc(Oc2ccc(-c3nc(Nc4cccc(Cc5cc(Oc6ccc(-c7nc(Nc8ccc(F)c(C)c8C)n[nH]7)cc6)cc(C)n5)c4C)n[nH]3)cc2)ccn1. The third kappa shape index (κ3) is 8.47. The fourth-order valence-electron chi connectivity index (χ4n) is 6.33. The lowest BCUT2D eigenvalue weighted by molar-refractivity contribution is 0.480. The summed E-state index contributed by atoms with van der Waals surface area (Å²) < 4.78 is 26.2. The zero-order valence-electron chi connectivity index (χ0n) is 32.0. The summed E-state index contributed by atoms with van der Waals surface area (Å²) in [5.41, 5.74) is 9.53. The third-order valence-corrected chi connectivity index (χ3v) is 9.58. The molecule has 0 aliphatic rings. The second-order valence-electron chi connectivity index (χ2n) is 13.7. The molecule has 0 aliphatic heterocycles. The molecule has 284 valence electrons. The van der Waals surface area contributed by atoms with Gasteiger partial charge in [-0.3, -0.25) is 20.2 Å². The van der Waals surface area contributed by atoms with Crippen molar-refractivity contribution in [1.29, 1.82) is 0 Å². The van der Waals surface area contributed by atoms with Crippen molar-refractivity contribution in [2.75, 3.05) is 10.6 Å². The van der Waals surface area contributed by atoms with Gasteiger partial charge in [0.2, 0.25) is 11.9 Å². The van der Waals surface area contributed by atoms with Crippen molar-refractivity contribution in [3.05, 3.63) is 154 Å². The van der Waals surface area contributed by atoms with Crippen LogP contribution in [-0.2, 0) is 6.42 Å². The molecular weight excluding hydrogens is 720 g/mol. The fourth-order valence-corrected chi connectivity index (χ4v) is 6.33. The van der Waals surface area contributed by atoms with Gasteiger partial charge >= 0.3 is 0 Å². The first-order valence-electron chi connectivity index (χ1n) is 18.3. The average molecular weight is 759 g/mol. The second-order valence-corrected chi connectivity index (χ2v) is 13.7. The Bertz CT molecular complexity index is 2690. The van der Waals surface area contributed by atoms with Crippen LogP contribution in [0.2, 0.25) is 0 Å². The highest BCUT2D eigenvalue weighted by Crippen LogP contribution is 2.30. The molecule has 0 spiro atoms. The molecule has 0 saturated carbocycles. The van der Waals surface area contributed by atoms with Gasteiger partial charge < -0.3 is 20.1 Å². The number of H-pyrrole nitrogens is 2. The van der Waals surface area contributed by atoms with Gasteiger partial charge in [0.15, 0.2) is 11.6 Å². The summed E-state index contributed by atoms with van der Waals surface area (Å²) in [5, 5.41) is 21.2. The first-order chi connectivity index (χ1) is 27.6. The number of ether oxygens (including phenoxy) is 2. The number of rotatable bonds is 12. The lowest BCUT2D eigenvalue weighted by Crippen LogP contribution is -2.01. The molecule has 4 aromatic heterocycles. The van der Waals surface area contributed by atoms with Crippen LogP contribution in [0.25, 0.3) is 22.8 Å². The van der Waals surface area contributed by atoms with Crippen molar-refractivity contribution >= 4 is 23.3 Å². The van der Waals surface area contributed by atoms with E-state index in [4.69, 9.17) is 14.5 Å². The van der Waals surface area contributed by atoms with E-state index in [0.717, 1.165) is 62.0 Å². The Labute approximate surface area is 328 Å². The first kappa shape index (κ1) is 36.6. The molecule has 0 unspecified atom stereocenters. The van der Waals surface area contributed by atoms with E-state index >= 15 is 0 Å². The number of nitrogens with zero attached hydrogens (tertiary/aromatic N) is 6. The summed E-state index contributed by atoms with van der Waals surface area (Å²) >= 11 is 0. The van der Waals surface area contributed by atoms with E-state index < -0.39 is 0 Å². The van der Waals surface area contributed by atoms with Gasteiger partial charge in [-0.25, -0.2) is 4.39 Å². The van der Waals surface area contributed by atoms with Crippen LogP contribution in [0.15, 0.2) is 109 Å². The number of nitrogens with one attached hydrogen (secondary N) is 4. The van der Waals surface area contributed by atoms with Gasteiger partial charge in [0.1, 0.15) is 28.8 Å². The lowest BCUT2D eigenvalue weighted by Gasteiger charge is -2.13. The topological polar surface area (TPSA) is 151 Å². The molecule has 0 amide bonds. The van der Waals surface area contributed by atoms with E-state index in [1.807, 2.05) is 106 Å². The molecule has 13 heteroatoms. The maximum absolute atomic E-state index is 13.9. The summed E-state index contributed by atoms with van der Waals surface area (Å²) in [7, 11) is 0. The number of pyridine rings is 2. The zero-order chi connectivity index (χ0) is 39.5. The van der Waals surface area contributed by atoms with Gasteiger partial charge in [-0.15, -0.1) is 10.2 Å². The Morgan fingerprint density at radius 1 is 0.561 bits per heavy atom. The molecule has 0 saturated heterocycles. The fraction of sp³-hybridized carbons (Fsp3) is 0.136. The Morgan fingerprint density at radius 2 is 1.16 bits per heavy atom. The zero-order valence-corrected chi connectivity index (χ0v) is 32.0. The minimum Gasteiger partial charge on any atom is -0.457 e. The third-order valence-electron chi connectivity index (χ3n) is 9.58. The second kappa shape index (κ2) is 15.7. The van der Waals surface area contributed by atoms with Crippen LogP contribution in [0, 0.1) is 40.4 Å². The monoisotopic (exact) mass is 758 g/mol. The summed E-state index contributed by atoms with van der Waals surface area (Å²) in [6, 6.07) is 32.1. The maximum Gasteiger partial charge on any atom is 0.246 e. The van der Waals surface area contributed by atoms with Gasteiger partial charge in [0.05, 0.1) is 0 Å². The first-order valence-corrected chi connectivity index (χ1v) is 18.3. The van der Waals surface area contributed by atoms with Crippen molar-refractivity contribution in [2.45, 2.75) is 41.0 Å². The van der Waals surface area contributed by atoms with Crippen LogP contribution < -0.4 is 20.1 Å². The molecule has 12 nitrogen and oxygen atoms in total. The van der Waals surface area contributed by atoms with Gasteiger partial charge in [0.25, 0.3) is 0 Å². The van der Waals surface area contributed by atoms with Crippen LogP contribution in [0.5, 0.6) is 23.0 Å². The van der Waals surface area contributed by atoms with Crippen LogP contribution in [0.1, 0.15) is 39.3 Å². The van der Waals surface area contributed by atoms with Crippen LogP contribution in [-0.4, -0.2) is 40.3 Å². The molecule has 4 N–H and O–H groups in total. The Hall–Kier alpha value is -7.41. The maximum atomic E-state index is 13.9. The highest BCUT2D eigenvalue weighted by molar-refractivity contribution is 5.65. The number of halogens is 1. The van der Waals surface area contributed by atoms with Gasteiger partial charge in [0, 0.05) is 70.4 Å². The molecule has 0 atom stereocenters. The summed E-state index contributed by atoms with van der Waals surface area (Å²) in [6.45, 7) is 9.56. The standard InChI is InChI=1S/C44H39FN10O2/c1-25-21-36(19-20-46-25)56-34-13-9-30(10-14-34)41-50-43(54-52-41)48-39-8-6-7-32(29(39)5)23-33-24-37(22-26(2)47-33)57-35-15-11-31(12-16-35)42-51-44(55-53-42)49-40-18-17-38(45)27(3)28(40)4/h6-22,24H,23H2,1-5H3,(H2,48,50,52,54)(H2,49,51,53,55). The molecule has 8 aromatic rings. The van der Waals surface area contributed by atoms with Crippen molar-refractivity contribution in [3.63, 3.8) is 0 Å². The van der Waals surface area contributed by atoms with Crippen LogP contribution in [0.4, 0.5) is 27.7 Å². The highest BCUT2D eigenvalue weighted by atomic mass is 19.1. The molecule has 4 aromatic carbocycles. The molecular formula is C44H39FN10O2. The van der Waals surface area contributed by atoms with Crippen molar-refractivity contribution in [3.8, 4) is 45.8 Å². The molecule has 0 radical (unpaired) electrons. The summed E-state index contributed by atoms with van der Waals surface area (Å²) in [4.78, 5) is 18.3. The van der Waals surface area contributed by atoms with Gasteiger partial charge in [-0.2, -0.15) is 9.97 Å². The molecule has 4 heterocycles. The minimum absolute atomic E-state index is 0.245. The van der Waals surface area contributed by atoms with E-state index in [9.17, 15) is 4.39 Å². The lowest BCUT2D eigenvalue weighted by atomic mass is 10.0. The average Bonchev–Trinajstić information content (AvgIpc) is 3.87. The van der Waals surface area contributed by atoms with Crippen LogP contribution >= 0.6 is 0 Å². The smallest absolute Gasteiger partial charge is 0.246 e. The Balaban J connectivity index is 0.902. The number of hydrogen-bond donors (Lipinski definition) is 4. The van der Waals surface area contributed by atoms with E-state index in [-0.39, 0.29) is 5.82 Å². The van der Waals surface area contributed by atoms with Gasteiger partial charge in [-0.05, 0) is 130 Å². The predicted octanol–water partition coefficient (Wildman–Crippen LogP) is 10.4. The van der Waals surface area contributed by atoms with Gasteiger partial charge in [-0.1, -0.05) is 12.1 Å². The normalized spacial score (nSPS) is 11.1. The number of aromatic amines is 2. The van der Waals surface area contributed by atoms with E-state index in [2.05, 4.69) is 59.0 Å². The molecule has 0 fully saturated rings. The van der Waals surface area contributed by atoms with E-state index in [1.54, 1.807) is 19.2 Å². The quantitative estimate of drug-likeness (QED) is 0.0947. The van der Waals surface area contributed by atoms with Crippen molar-refractivity contribution in [2.24, 2.45) is 0 Å². The Kier molecular flexibility index (Phi) is 10.1. The number of aryl methyl sites for hydroxylation is 2. The minimum atomic E-state index is -0.245. The highest BCUT2D eigenvalue weighted by Gasteiger charge is 2.14. The predicted molar refractivity (Wildman–Crippen MR) is 218 cm³/mol. The van der Waals surface area contributed by atoms with E-state index in [0.29, 0.717) is 52.8 Å². The Morgan fingerprint density at radius 3 is 1.79 bits per heavy atom. The number of benzene rings is 4. The van der Waals surface area contributed by atoms with Crippen molar-refractivity contribution < 1.29 is 13.9 Å². The molecule has 57 heavy (non-hydrogen) atoms. The van der Waals surface area contributed by atoms with Crippen LogP contribution in [0.3, 0.4) is 0 Å². The molecule has 0 bridgehead atoms. The van der Waals surface area contributed by atoms with E-state index in [1.165, 1.54) is 6.07 Å². The number of anilines is 4. The number of hydrogen-bond acceptors (Lipinski definition) is 10. The molecule has 0 aliphatic carbocycles. The van der Waals surface area contributed by atoms with Crippen molar-refractivity contribution in [1.82, 2.24) is 40.3 Å². The largest absolute Gasteiger partial charge is 0.457 e. The number of aromatic nitrogens is 8. The summed E-state index contributed by atoms with van der Waals surface area (Å²) in [6.07, 6.45) is 2.33. The molecule has 8 rings (SSSR count).